The summed E-state index contributed by atoms with van der Waals surface area (Å²) in [5.74, 6) is -0.359. The first-order valence-electron chi connectivity index (χ1n) is 8.82. The van der Waals surface area contributed by atoms with E-state index >= 15 is 0 Å². The monoisotopic (exact) mass is 333 g/mol. The smallest absolute Gasteiger partial charge is 0.307 e. The number of rotatable bonds is 0. The Kier molecular flexibility index (Phi) is 2.91. The predicted octanol–water partition coefficient (Wildman–Crippen LogP) is 3.10. The largest absolute Gasteiger partial charge is 0.465 e. The molecule has 1 saturated heterocycles. The van der Waals surface area contributed by atoms with Gasteiger partial charge in [-0.3, -0.25) is 9.59 Å². The SMILES string of the molecule is O=C1C[C@@]2(C(=O)Nc3ccccc32)[C@]2(CCCc3ccccc32)CO1. The van der Waals surface area contributed by atoms with Gasteiger partial charge in [0, 0.05) is 11.1 Å². The van der Waals surface area contributed by atoms with Crippen molar-refractivity contribution < 1.29 is 14.3 Å². The summed E-state index contributed by atoms with van der Waals surface area (Å²) in [7, 11) is 0. The van der Waals surface area contributed by atoms with Gasteiger partial charge in [-0.2, -0.15) is 0 Å². The minimum atomic E-state index is -0.880. The number of hydrogen-bond donors (Lipinski definition) is 1. The molecule has 4 heteroatoms. The van der Waals surface area contributed by atoms with E-state index in [1.54, 1.807) is 0 Å². The second-order valence-corrected chi connectivity index (χ2v) is 7.34. The maximum Gasteiger partial charge on any atom is 0.307 e. The number of anilines is 1. The van der Waals surface area contributed by atoms with E-state index in [1.165, 1.54) is 11.1 Å². The van der Waals surface area contributed by atoms with Crippen molar-refractivity contribution in [1.29, 1.82) is 0 Å². The summed E-state index contributed by atoms with van der Waals surface area (Å²) in [5, 5.41) is 3.03. The van der Waals surface area contributed by atoms with Crippen molar-refractivity contribution in [3.05, 3.63) is 65.2 Å². The van der Waals surface area contributed by atoms with Crippen molar-refractivity contribution in [2.75, 3.05) is 11.9 Å². The van der Waals surface area contributed by atoms with Crippen LogP contribution in [0, 0.1) is 0 Å². The highest BCUT2D eigenvalue weighted by Crippen LogP contribution is 2.58. The van der Waals surface area contributed by atoms with E-state index in [1.807, 2.05) is 36.4 Å². The third-order valence-electron chi connectivity index (χ3n) is 6.31. The number of benzene rings is 2. The van der Waals surface area contributed by atoms with Crippen molar-refractivity contribution in [3.63, 3.8) is 0 Å². The zero-order chi connectivity index (χ0) is 17.1. The number of carbonyl (C=O) groups is 2. The number of fused-ring (bicyclic) bond motifs is 5. The van der Waals surface area contributed by atoms with Gasteiger partial charge in [-0.1, -0.05) is 42.5 Å². The molecule has 0 radical (unpaired) electrons. The van der Waals surface area contributed by atoms with Gasteiger partial charge in [0.15, 0.2) is 0 Å². The highest BCUT2D eigenvalue weighted by molar-refractivity contribution is 6.10. The lowest BCUT2D eigenvalue weighted by Gasteiger charge is -2.52. The summed E-state index contributed by atoms with van der Waals surface area (Å²) in [6, 6.07) is 16.1. The van der Waals surface area contributed by atoms with Crippen LogP contribution in [-0.2, 0) is 31.6 Å². The lowest BCUT2D eigenvalue weighted by atomic mass is 9.51. The molecule has 1 fully saturated rings. The number of nitrogens with one attached hydrogen (secondary N) is 1. The Labute approximate surface area is 146 Å². The first kappa shape index (κ1) is 14.7. The predicted molar refractivity (Wildman–Crippen MR) is 93.4 cm³/mol. The van der Waals surface area contributed by atoms with E-state index in [4.69, 9.17) is 4.74 Å². The second-order valence-electron chi connectivity index (χ2n) is 7.34. The Morgan fingerprint density at radius 2 is 1.72 bits per heavy atom. The third kappa shape index (κ3) is 1.72. The molecule has 126 valence electrons. The van der Waals surface area contributed by atoms with Crippen LogP contribution in [-0.4, -0.2) is 18.5 Å². The number of aryl methyl sites for hydroxylation is 1. The van der Waals surface area contributed by atoms with Gasteiger partial charge in [-0.15, -0.1) is 0 Å². The van der Waals surface area contributed by atoms with Crippen LogP contribution in [0.25, 0.3) is 0 Å². The topological polar surface area (TPSA) is 55.4 Å². The summed E-state index contributed by atoms with van der Waals surface area (Å²) in [5.41, 5.74) is 2.82. The lowest BCUT2D eigenvalue weighted by molar-refractivity contribution is -0.161. The molecular weight excluding hydrogens is 314 g/mol. The summed E-state index contributed by atoms with van der Waals surface area (Å²) in [4.78, 5) is 25.6. The fraction of sp³-hybridized carbons (Fsp3) is 0.333. The van der Waals surface area contributed by atoms with E-state index in [2.05, 4.69) is 17.4 Å². The van der Waals surface area contributed by atoms with Crippen molar-refractivity contribution in [2.24, 2.45) is 0 Å². The molecule has 2 aromatic carbocycles. The van der Waals surface area contributed by atoms with Crippen LogP contribution in [0.3, 0.4) is 0 Å². The van der Waals surface area contributed by atoms with Crippen LogP contribution in [0.1, 0.15) is 36.0 Å². The molecule has 0 saturated carbocycles. The number of para-hydroxylation sites is 1. The molecule has 1 N–H and O–H groups in total. The van der Waals surface area contributed by atoms with Gasteiger partial charge in [0.25, 0.3) is 0 Å². The maximum absolute atomic E-state index is 13.3. The average molecular weight is 333 g/mol. The van der Waals surface area contributed by atoms with Crippen molar-refractivity contribution >= 4 is 17.6 Å². The van der Waals surface area contributed by atoms with Gasteiger partial charge in [-0.05, 0) is 42.0 Å². The number of hydrogen-bond acceptors (Lipinski definition) is 3. The molecule has 3 aliphatic rings. The van der Waals surface area contributed by atoms with Gasteiger partial charge in [0.2, 0.25) is 5.91 Å². The highest BCUT2D eigenvalue weighted by atomic mass is 16.5. The zero-order valence-corrected chi connectivity index (χ0v) is 13.9. The van der Waals surface area contributed by atoms with E-state index in [0.717, 1.165) is 30.5 Å². The number of cyclic esters (lactones) is 1. The molecule has 0 aromatic heterocycles. The molecule has 2 heterocycles. The molecule has 2 aliphatic heterocycles. The first-order valence-corrected chi connectivity index (χ1v) is 8.82. The molecule has 2 atom stereocenters. The van der Waals surface area contributed by atoms with Gasteiger partial charge in [-0.25, -0.2) is 0 Å². The van der Waals surface area contributed by atoms with Crippen molar-refractivity contribution in [1.82, 2.24) is 0 Å². The van der Waals surface area contributed by atoms with Gasteiger partial charge >= 0.3 is 5.97 Å². The van der Waals surface area contributed by atoms with E-state index < -0.39 is 10.8 Å². The second kappa shape index (κ2) is 4.94. The molecule has 1 aliphatic carbocycles. The molecule has 0 bridgehead atoms. The maximum atomic E-state index is 13.3. The van der Waals surface area contributed by atoms with Crippen LogP contribution < -0.4 is 5.32 Å². The third-order valence-corrected chi connectivity index (χ3v) is 6.31. The minimum Gasteiger partial charge on any atom is -0.465 e. The summed E-state index contributed by atoms with van der Waals surface area (Å²) in [6.07, 6.45) is 2.94. The summed E-state index contributed by atoms with van der Waals surface area (Å²) in [6.45, 7) is 0.268. The number of carbonyl (C=O) groups excluding carboxylic acids is 2. The normalized spacial score (nSPS) is 29.9. The number of amides is 1. The highest BCUT2D eigenvalue weighted by Gasteiger charge is 2.65. The molecule has 5 rings (SSSR count). The average Bonchev–Trinajstić information content (AvgIpc) is 2.92. The molecule has 4 nitrogen and oxygen atoms in total. The van der Waals surface area contributed by atoms with Crippen LogP contribution in [0.4, 0.5) is 5.69 Å². The Morgan fingerprint density at radius 1 is 0.960 bits per heavy atom. The van der Waals surface area contributed by atoms with Gasteiger partial charge in [0.1, 0.15) is 6.61 Å². The lowest BCUT2D eigenvalue weighted by Crippen LogP contribution is -2.61. The van der Waals surface area contributed by atoms with E-state index in [0.29, 0.717) is 0 Å². The van der Waals surface area contributed by atoms with Crippen molar-refractivity contribution in [2.45, 2.75) is 36.5 Å². The molecule has 2 spiro atoms. The fourth-order valence-corrected chi connectivity index (χ4v) is 5.24. The Balaban J connectivity index is 1.83. The molecule has 25 heavy (non-hydrogen) atoms. The van der Waals surface area contributed by atoms with Crippen LogP contribution in [0.5, 0.6) is 0 Å². The van der Waals surface area contributed by atoms with E-state index in [9.17, 15) is 9.59 Å². The fourth-order valence-electron chi connectivity index (χ4n) is 5.24. The number of esters is 1. The molecular formula is C21H19NO3. The van der Waals surface area contributed by atoms with Gasteiger partial charge < -0.3 is 10.1 Å². The quantitative estimate of drug-likeness (QED) is 0.754. The van der Waals surface area contributed by atoms with Crippen molar-refractivity contribution in [3.8, 4) is 0 Å². The summed E-state index contributed by atoms with van der Waals surface area (Å²) >= 11 is 0. The van der Waals surface area contributed by atoms with Crippen LogP contribution >= 0.6 is 0 Å². The Morgan fingerprint density at radius 3 is 2.60 bits per heavy atom. The standard InChI is InChI=1S/C21H19NO3/c23-18-12-21(16-9-3-4-10-17(16)22-19(21)24)20(13-25-18)11-5-7-14-6-1-2-8-15(14)20/h1-4,6,8-10H,5,7,11-13H2,(H,22,24)/t20-,21-/m1/s1. The first-order chi connectivity index (χ1) is 12.2. The zero-order valence-electron chi connectivity index (χ0n) is 13.9. The number of ether oxygens (including phenoxy) is 1. The molecule has 1 amide bonds. The molecule has 0 unspecified atom stereocenters. The minimum absolute atomic E-state index is 0.0675. The van der Waals surface area contributed by atoms with Crippen LogP contribution in [0.15, 0.2) is 48.5 Å². The summed E-state index contributed by atoms with van der Waals surface area (Å²) < 4.78 is 5.56. The van der Waals surface area contributed by atoms with Gasteiger partial charge in [0.05, 0.1) is 11.8 Å². The Hall–Kier alpha value is -2.62. The van der Waals surface area contributed by atoms with E-state index in [-0.39, 0.29) is 24.9 Å². The Bertz CT molecular complexity index is 906. The molecule has 2 aromatic rings. The van der Waals surface area contributed by atoms with Crippen LogP contribution in [0.2, 0.25) is 0 Å².